The number of rotatable bonds is 7. The van der Waals surface area contributed by atoms with Gasteiger partial charge >= 0.3 is 5.97 Å². The minimum Gasteiger partial charge on any atom is -0.484 e. The van der Waals surface area contributed by atoms with Gasteiger partial charge in [-0.25, -0.2) is 10.2 Å². The fourth-order valence-electron chi connectivity index (χ4n) is 3.27. The van der Waals surface area contributed by atoms with Crippen molar-refractivity contribution in [2.75, 3.05) is 6.61 Å². The topological polar surface area (TPSA) is 77.0 Å². The lowest BCUT2D eigenvalue weighted by molar-refractivity contribution is -0.123. The van der Waals surface area contributed by atoms with E-state index in [1.54, 1.807) is 36.4 Å². The quantitative estimate of drug-likeness (QED) is 0.224. The standard InChI is InChI=1S/C28H30N2O4/c1-19-14-20(2)16-25(15-19)33-18-26(31)30-29-17-21-6-12-24(13-7-21)34-27(32)22-8-10-23(11-9-22)28(3,4)5/h6-17H,18H2,1-5H3,(H,30,31). The first-order valence-electron chi connectivity index (χ1n) is 11.1. The third kappa shape index (κ3) is 7.30. The molecular formula is C28H30N2O4. The number of carbonyl (C=O) groups is 2. The first kappa shape index (κ1) is 24.7. The molecule has 0 saturated heterocycles. The Morgan fingerprint density at radius 1 is 0.882 bits per heavy atom. The summed E-state index contributed by atoms with van der Waals surface area (Å²) in [6.45, 7) is 10.2. The second kappa shape index (κ2) is 10.8. The maximum Gasteiger partial charge on any atom is 0.343 e. The van der Waals surface area contributed by atoms with E-state index in [1.165, 1.54) is 6.21 Å². The summed E-state index contributed by atoms with van der Waals surface area (Å²) in [7, 11) is 0. The summed E-state index contributed by atoms with van der Waals surface area (Å²) in [4.78, 5) is 24.4. The SMILES string of the molecule is Cc1cc(C)cc(OCC(=O)NN=Cc2ccc(OC(=O)c3ccc(C(C)(C)C)cc3)cc2)c1. The average molecular weight is 459 g/mol. The lowest BCUT2D eigenvalue weighted by Gasteiger charge is -2.18. The van der Waals surface area contributed by atoms with Crippen LogP contribution in [0.25, 0.3) is 0 Å². The minimum absolute atomic E-state index is 0.0203. The summed E-state index contributed by atoms with van der Waals surface area (Å²) in [6.07, 6.45) is 1.51. The molecule has 3 aromatic carbocycles. The number of benzene rings is 3. The van der Waals surface area contributed by atoms with E-state index in [-0.39, 0.29) is 17.9 Å². The molecule has 0 spiro atoms. The van der Waals surface area contributed by atoms with E-state index in [0.717, 1.165) is 22.3 Å². The summed E-state index contributed by atoms with van der Waals surface area (Å²) >= 11 is 0. The van der Waals surface area contributed by atoms with Gasteiger partial charge in [-0.3, -0.25) is 4.79 Å². The van der Waals surface area contributed by atoms with E-state index < -0.39 is 5.97 Å². The van der Waals surface area contributed by atoms with Crippen molar-refractivity contribution in [2.45, 2.75) is 40.0 Å². The van der Waals surface area contributed by atoms with Gasteiger partial charge in [-0.15, -0.1) is 0 Å². The van der Waals surface area contributed by atoms with Crippen LogP contribution in [0.4, 0.5) is 0 Å². The van der Waals surface area contributed by atoms with E-state index in [2.05, 4.69) is 31.3 Å². The Morgan fingerprint density at radius 3 is 2.09 bits per heavy atom. The first-order chi connectivity index (χ1) is 16.1. The Morgan fingerprint density at radius 2 is 1.50 bits per heavy atom. The van der Waals surface area contributed by atoms with Gasteiger partial charge in [-0.1, -0.05) is 39.0 Å². The molecule has 1 amide bonds. The van der Waals surface area contributed by atoms with Gasteiger partial charge in [0.1, 0.15) is 11.5 Å². The van der Waals surface area contributed by atoms with Crippen LogP contribution in [0.1, 0.15) is 53.4 Å². The number of esters is 1. The lowest BCUT2D eigenvalue weighted by Crippen LogP contribution is -2.24. The highest BCUT2D eigenvalue weighted by Crippen LogP contribution is 2.23. The van der Waals surface area contributed by atoms with Crippen molar-refractivity contribution in [3.63, 3.8) is 0 Å². The molecule has 0 fully saturated rings. The van der Waals surface area contributed by atoms with Gasteiger partial charge in [0, 0.05) is 0 Å². The molecule has 176 valence electrons. The first-order valence-corrected chi connectivity index (χ1v) is 11.1. The third-order valence-electron chi connectivity index (χ3n) is 5.05. The summed E-state index contributed by atoms with van der Waals surface area (Å²) < 4.78 is 11.0. The van der Waals surface area contributed by atoms with Crippen LogP contribution in [-0.2, 0) is 10.2 Å². The predicted octanol–water partition coefficient (Wildman–Crippen LogP) is 5.35. The molecule has 6 heteroatoms. The number of carbonyl (C=O) groups excluding carboxylic acids is 2. The molecule has 0 heterocycles. The Kier molecular flexibility index (Phi) is 7.84. The van der Waals surface area contributed by atoms with E-state index in [9.17, 15) is 9.59 Å². The summed E-state index contributed by atoms with van der Waals surface area (Å²) in [6, 6.07) is 20.1. The number of nitrogens with zero attached hydrogens (tertiary/aromatic N) is 1. The molecule has 0 atom stereocenters. The lowest BCUT2D eigenvalue weighted by atomic mass is 9.87. The van der Waals surface area contributed by atoms with E-state index in [4.69, 9.17) is 9.47 Å². The molecule has 0 unspecified atom stereocenters. The maximum absolute atomic E-state index is 12.4. The number of hydrogen-bond acceptors (Lipinski definition) is 5. The van der Waals surface area contributed by atoms with Crippen LogP contribution in [0.3, 0.4) is 0 Å². The molecule has 0 saturated carbocycles. The molecule has 0 aliphatic rings. The number of hydrogen-bond donors (Lipinski definition) is 1. The summed E-state index contributed by atoms with van der Waals surface area (Å²) in [5.41, 5.74) is 6.98. The fourth-order valence-corrected chi connectivity index (χ4v) is 3.27. The number of hydrazone groups is 1. The van der Waals surface area contributed by atoms with Crippen molar-refractivity contribution in [1.29, 1.82) is 0 Å². The highest BCUT2D eigenvalue weighted by molar-refractivity contribution is 5.91. The van der Waals surface area contributed by atoms with Gasteiger partial charge in [0.05, 0.1) is 11.8 Å². The summed E-state index contributed by atoms with van der Waals surface area (Å²) in [5, 5.41) is 3.94. The number of nitrogens with one attached hydrogen (secondary N) is 1. The second-order valence-electron chi connectivity index (χ2n) is 9.19. The Labute approximate surface area is 200 Å². The van der Waals surface area contributed by atoms with Crippen LogP contribution in [-0.4, -0.2) is 24.7 Å². The smallest absolute Gasteiger partial charge is 0.343 e. The van der Waals surface area contributed by atoms with E-state index >= 15 is 0 Å². The zero-order valence-corrected chi connectivity index (χ0v) is 20.2. The van der Waals surface area contributed by atoms with E-state index in [1.807, 2.05) is 44.2 Å². The second-order valence-corrected chi connectivity index (χ2v) is 9.19. The molecule has 3 aromatic rings. The number of aryl methyl sites for hydroxylation is 2. The molecule has 34 heavy (non-hydrogen) atoms. The molecule has 3 rings (SSSR count). The van der Waals surface area contributed by atoms with Gasteiger partial charge in [0.2, 0.25) is 0 Å². The highest BCUT2D eigenvalue weighted by atomic mass is 16.5. The molecule has 0 aliphatic heterocycles. The third-order valence-corrected chi connectivity index (χ3v) is 5.05. The van der Waals surface area contributed by atoms with Crippen LogP contribution in [0.15, 0.2) is 71.8 Å². The molecule has 6 nitrogen and oxygen atoms in total. The zero-order valence-electron chi connectivity index (χ0n) is 20.2. The molecule has 0 radical (unpaired) electrons. The number of ether oxygens (including phenoxy) is 2. The highest BCUT2D eigenvalue weighted by Gasteiger charge is 2.15. The van der Waals surface area contributed by atoms with Crippen LogP contribution in [0.5, 0.6) is 11.5 Å². The van der Waals surface area contributed by atoms with Crippen molar-refractivity contribution in [3.8, 4) is 11.5 Å². The van der Waals surface area contributed by atoms with Gasteiger partial charge < -0.3 is 9.47 Å². The minimum atomic E-state index is -0.419. The number of amides is 1. The average Bonchev–Trinajstić information content (AvgIpc) is 2.78. The molecular weight excluding hydrogens is 428 g/mol. The van der Waals surface area contributed by atoms with Crippen LogP contribution < -0.4 is 14.9 Å². The van der Waals surface area contributed by atoms with E-state index in [0.29, 0.717) is 17.1 Å². The van der Waals surface area contributed by atoms with Crippen molar-refractivity contribution in [1.82, 2.24) is 5.43 Å². The van der Waals surface area contributed by atoms with Gasteiger partial charge in [-0.05, 0) is 90.0 Å². The van der Waals surface area contributed by atoms with Crippen LogP contribution >= 0.6 is 0 Å². The fraction of sp³-hybridized carbons (Fsp3) is 0.250. The van der Waals surface area contributed by atoms with Gasteiger partial charge in [0.15, 0.2) is 6.61 Å². The monoisotopic (exact) mass is 458 g/mol. The summed E-state index contributed by atoms with van der Waals surface area (Å²) in [5.74, 6) is 0.288. The van der Waals surface area contributed by atoms with Crippen LogP contribution in [0.2, 0.25) is 0 Å². The molecule has 0 aliphatic carbocycles. The largest absolute Gasteiger partial charge is 0.484 e. The van der Waals surface area contributed by atoms with Gasteiger partial charge in [-0.2, -0.15) is 5.10 Å². The normalized spacial score (nSPS) is 11.3. The van der Waals surface area contributed by atoms with Crippen molar-refractivity contribution in [3.05, 3.63) is 94.5 Å². The Balaban J connectivity index is 1.48. The van der Waals surface area contributed by atoms with Crippen molar-refractivity contribution in [2.24, 2.45) is 5.10 Å². The van der Waals surface area contributed by atoms with Crippen molar-refractivity contribution < 1.29 is 19.1 Å². The molecule has 0 bridgehead atoms. The maximum atomic E-state index is 12.4. The Hall–Kier alpha value is -3.93. The predicted molar refractivity (Wildman–Crippen MR) is 134 cm³/mol. The molecule has 1 N–H and O–H groups in total. The molecule has 0 aromatic heterocycles. The zero-order chi connectivity index (χ0) is 24.7. The van der Waals surface area contributed by atoms with Gasteiger partial charge in [0.25, 0.3) is 5.91 Å². The van der Waals surface area contributed by atoms with Crippen LogP contribution in [0, 0.1) is 13.8 Å². The Bertz CT molecular complexity index is 1150. The van der Waals surface area contributed by atoms with Crippen molar-refractivity contribution >= 4 is 18.1 Å².